The highest BCUT2D eigenvalue weighted by Crippen LogP contribution is 2.25. The Kier molecular flexibility index (Phi) is 3.57. The van der Waals surface area contributed by atoms with Crippen LogP contribution in [0.25, 0.3) is 28.1 Å². The van der Waals surface area contributed by atoms with Crippen molar-refractivity contribution in [3.8, 4) is 22.6 Å². The molecule has 1 N–H and O–H groups in total. The molecule has 130 valence electrons. The summed E-state index contributed by atoms with van der Waals surface area (Å²) in [7, 11) is 0. The summed E-state index contributed by atoms with van der Waals surface area (Å²) in [5.41, 5.74) is 4.31. The third kappa shape index (κ3) is 2.89. The highest BCUT2D eigenvalue weighted by atomic mass is 16.3. The van der Waals surface area contributed by atoms with Gasteiger partial charge in [0.25, 0.3) is 0 Å². The fourth-order valence-electron chi connectivity index (χ4n) is 2.84. The Morgan fingerprint density at radius 1 is 0.963 bits per heavy atom. The van der Waals surface area contributed by atoms with E-state index in [1.165, 1.54) is 6.39 Å². The number of oxazole rings is 1. The Morgan fingerprint density at radius 3 is 2.89 bits per heavy atom. The summed E-state index contributed by atoms with van der Waals surface area (Å²) in [6.07, 6.45) is 8.24. The van der Waals surface area contributed by atoms with E-state index in [9.17, 15) is 0 Å². The maximum Gasteiger partial charge on any atom is 0.227 e. The first-order valence-electron chi connectivity index (χ1n) is 8.25. The number of hydrogen-bond acceptors (Lipinski definition) is 7. The molecule has 8 heteroatoms. The number of benzene rings is 1. The minimum absolute atomic E-state index is 0.491. The van der Waals surface area contributed by atoms with E-state index in [1.807, 2.05) is 42.5 Å². The second-order valence-electron chi connectivity index (χ2n) is 5.79. The lowest BCUT2D eigenvalue weighted by molar-refractivity contribution is 0.572. The van der Waals surface area contributed by atoms with Gasteiger partial charge in [-0.1, -0.05) is 12.1 Å². The maximum absolute atomic E-state index is 5.35. The molecule has 27 heavy (non-hydrogen) atoms. The first-order chi connectivity index (χ1) is 13.4. The van der Waals surface area contributed by atoms with Gasteiger partial charge >= 0.3 is 0 Å². The van der Waals surface area contributed by atoms with Crippen molar-refractivity contribution in [2.45, 2.75) is 0 Å². The third-order valence-corrected chi connectivity index (χ3v) is 4.07. The Bertz CT molecular complexity index is 1210. The zero-order valence-corrected chi connectivity index (χ0v) is 14.0. The van der Waals surface area contributed by atoms with Gasteiger partial charge in [0.2, 0.25) is 5.95 Å². The van der Waals surface area contributed by atoms with Gasteiger partial charge in [-0.25, -0.2) is 15.0 Å². The lowest BCUT2D eigenvalue weighted by atomic mass is 10.1. The molecule has 0 aliphatic rings. The average molecular weight is 355 g/mol. The minimum Gasteiger partial charge on any atom is -0.444 e. The van der Waals surface area contributed by atoms with Gasteiger partial charge < -0.3 is 9.73 Å². The van der Waals surface area contributed by atoms with Crippen molar-refractivity contribution in [1.29, 1.82) is 0 Å². The molecule has 0 spiro atoms. The second kappa shape index (κ2) is 6.34. The van der Waals surface area contributed by atoms with E-state index >= 15 is 0 Å². The molecule has 0 amide bonds. The van der Waals surface area contributed by atoms with E-state index in [1.54, 1.807) is 29.4 Å². The van der Waals surface area contributed by atoms with Gasteiger partial charge in [-0.2, -0.15) is 14.8 Å². The number of rotatable bonds is 4. The predicted octanol–water partition coefficient (Wildman–Crippen LogP) is 3.58. The van der Waals surface area contributed by atoms with Crippen molar-refractivity contribution < 1.29 is 4.42 Å². The number of aromatic nitrogens is 6. The van der Waals surface area contributed by atoms with Gasteiger partial charge in [0, 0.05) is 29.2 Å². The largest absolute Gasteiger partial charge is 0.444 e. The van der Waals surface area contributed by atoms with Gasteiger partial charge in [0.1, 0.15) is 0 Å². The standard InChI is InChI=1S/C19H13N7O/c1-3-13(18-11-20-12-27-18)9-14(4-1)24-19-21-8-6-16(25-19)15-10-23-26-17(15)5-2-7-22-26/h1-12H,(H,21,24,25). The summed E-state index contributed by atoms with van der Waals surface area (Å²) in [5.74, 6) is 1.19. The summed E-state index contributed by atoms with van der Waals surface area (Å²) >= 11 is 0. The van der Waals surface area contributed by atoms with Crippen LogP contribution in [-0.2, 0) is 0 Å². The van der Waals surface area contributed by atoms with Crippen LogP contribution < -0.4 is 5.32 Å². The first kappa shape index (κ1) is 15.2. The van der Waals surface area contributed by atoms with E-state index in [0.717, 1.165) is 28.0 Å². The van der Waals surface area contributed by atoms with Crippen molar-refractivity contribution in [1.82, 2.24) is 29.8 Å². The van der Waals surface area contributed by atoms with E-state index < -0.39 is 0 Å². The lowest BCUT2D eigenvalue weighted by Gasteiger charge is -2.07. The molecule has 0 radical (unpaired) electrons. The molecule has 4 heterocycles. The Morgan fingerprint density at radius 2 is 1.96 bits per heavy atom. The number of anilines is 2. The van der Waals surface area contributed by atoms with Crippen molar-refractivity contribution >= 4 is 17.2 Å². The molecule has 5 aromatic rings. The van der Waals surface area contributed by atoms with Gasteiger partial charge in [-0.15, -0.1) is 0 Å². The van der Waals surface area contributed by atoms with Crippen LogP contribution in [0.5, 0.6) is 0 Å². The zero-order chi connectivity index (χ0) is 18.1. The number of hydrogen-bond donors (Lipinski definition) is 1. The molecule has 4 aromatic heterocycles. The predicted molar refractivity (Wildman–Crippen MR) is 99.2 cm³/mol. The lowest BCUT2D eigenvalue weighted by Crippen LogP contribution is -1.98. The minimum atomic E-state index is 0.491. The van der Waals surface area contributed by atoms with E-state index in [4.69, 9.17) is 4.42 Å². The summed E-state index contributed by atoms with van der Waals surface area (Å²) in [6, 6.07) is 13.4. The molecular formula is C19H13N7O. The maximum atomic E-state index is 5.35. The monoisotopic (exact) mass is 355 g/mol. The number of nitrogens with one attached hydrogen (secondary N) is 1. The molecule has 1 aromatic carbocycles. The molecule has 0 unspecified atom stereocenters. The quantitative estimate of drug-likeness (QED) is 0.526. The normalized spacial score (nSPS) is 11.0. The fraction of sp³-hybridized carbons (Fsp3) is 0. The molecule has 0 saturated carbocycles. The molecule has 0 atom stereocenters. The molecular weight excluding hydrogens is 342 g/mol. The van der Waals surface area contributed by atoms with Gasteiger partial charge in [-0.3, -0.25) is 0 Å². The number of nitrogens with zero attached hydrogens (tertiary/aromatic N) is 6. The van der Waals surface area contributed by atoms with Crippen molar-refractivity contribution in [2.24, 2.45) is 0 Å². The van der Waals surface area contributed by atoms with Crippen molar-refractivity contribution in [3.63, 3.8) is 0 Å². The third-order valence-electron chi connectivity index (χ3n) is 4.07. The van der Waals surface area contributed by atoms with Crippen LogP contribution in [0.3, 0.4) is 0 Å². The van der Waals surface area contributed by atoms with Crippen molar-refractivity contribution in [3.05, 3.63) is 73.6 Å². The molecule has 0 aliphatic carbocycles. The Labute approximate surface area is 153 Å². The molecule has 0 aliphatic heterocycles. The van der Waals surface area contributed by atoms with Crippen LogP contribution in [0.15, 0.2) is 78.1 Å². The fourth-order valence-corrected chi connectivity index (χ4v) is 2.84. The van der Waals surface area contributed by atoms with E-state index in [2.05, 4.69) is 30.5 Å². The molecule has 8 nitrogen and oxygen atoms in total. The van der Waals surface area contributed by atoms with Crippen LogP contribution in [0, 0.1) is 0 Å². The van der Waals surface area contributed by atoms with Gasteiger partial charge in [-0.05, 0) is 30.3 Å². The average Bonchev–Trinajstić information content (AvgIpc) is 3.39. The molecule has 0 fully saturated rings. The summed E-state index contributed by atoms with van der Waals surface area (Å²) in [4.78, 5) is 12.9. The Hall–Kier alpha value is -4.07. The first-order valence-corrected chi connectivity index (χ1v) is 8.25. The molecule has 0 bridgehead atoms. The summed E-state index contributed by atoms with van der Waals surface area (Å²) < 4.78 is 6.92. The SMILES string of the molecule is c1cc(Nc2nccc(-c3cnn4ncccc34)n2)cc(-c2cnco2)c1. The van der Waals surface area contributed by atoms with Gasteiger partial charge in [0.15, 0.2) is 12.2 Å². The molecule has 0 saturated heterocycles. The van der Waals surface area contributed by atoms with Crippen molar-refractivity contribution in [2.75, 3.05) is 5.32 Å². The zero-order valence-electron chi connectivity index (χ0n) is 14.0. The highest BCUT2D eigenvalue weighted by molar-refractivity contribution is 5.77. The highest BCUT2D eigenvalue weighted by Gasteiger charge is 2.10. The summed E-state index contributed by atoms with van der Waals surface area (Å²) in [5, 5.41) is 11.7. The van der Waals surface area contributed by atoms with Crippen LogP contribution in [0.4, 0.5) is 11.6 Å². The van der Waals surface area contributed by atoms with Crippen LogP contribution in [0.2, 0.25) is 0 Å². The van der Waals surface area contributed by atoms with Crippen LogP contribution in [0.1, 0.15) is 0 Å². The number of fused-ring (bicyclic) bond motifs is 1. The molecule has 5 rings (SSSR count). The second-order valence-corrected chi connectivity index (χ2v) is 5.79. The Balaban J connectivity index is 1.47. The van der Waals surface area contributed by atoms with Crippen LogP contribution >= 0.6 is 0 Å². The van der Waals surface area contributed by atoms with Crippen LogP contribution in [-0.4, -0.2) is 29.8 Å². The van der Waals surface area contributed by atoms with E-state index in [0.29, 0.717) is 11.7 Å². The topological polar surface area (TPSA) is 94.0 Å². The van der Waals surface area contributed by atoms with Gasteiger partial charge in [0.05, 0.1) is 23.6 Å². The smallest absolute Gasteiger partial charge is 0.227 e. The summed E-state index contributed by atoms with van der Waals surface area (Å²) in [6.45, 7) is 0. The van der Waals surface area contributed by atoms with E-state index in [-0.39, 0.29) is 0 Å².